The molecule has 1 aliphatic heterocycles. The normalized spacial score (nSPS) is 16.4. The summed E-state index contributed by atoms with van der Waals surface area (Å²) in [5, 5.41) is 0. The summed E-state index contributed by atoms with van der Waals surface area (Å²) in [7, 11) is 0. The van der Waals surface area contributed by atoms with Crippen LogP contribution >= 0.6 is 12.2 Å². The highest BCUT2D eigenvalue weighted by atomic mass is 32.2. The Hall–Kier alpha value is -0.710. The van der Waals surface area contributed by atoms with Crippen LogP contribution in [0, 0.1) is 0 Å². The van der Waals surface area contributed by atoms with Crippen LogP contribution in [0.5, 0.6) is 5.75 Å². The number of fused-ring (bicyclic) bond motifs is 1. The standard InChI is InChI=1S/C7H8N2OS/c1-2-4-7-6(3-1)5-8-9-11-10-7/h1-4,8-9H,5H2. The maximum absolute atomic E-state index is 5.29. The van der Waals surface area contributed by atoms with E-state index in [2.05, 4.69) is 10.3 Å². The predicted molar refractivity (Wildman–Crippen MR) is 44.6 cm³/mol. The molecule has 0 bridgehead atoms. The molecule has 1 aromatic carbocycles. The molecule has 0 unspecified atom stereocenters. The van der Waals surface area contributed by atoms with Crippen molar-refractivity contribution in [1.82, 2.24) is 10.3 Å². The third-order valence-electron chi connectivity index (χ3n) is 1.50. The van der Waals surface area contributed by atoms with Crippen molar-refractivity contribution in [1.29, 1.82) is 0 Å². The van der Waals surface area contributed by atoms with Crippen LogP contribution in [0.4, 0.5) is 0 Å². The van der Waals surface area contributed by atoms with Crippen molar-refractivity contribution in [3.63, 3.8) is 0 Å². The molecule has 1 aromatic rings. The molecule has 58 valence electrons. The summed E-state index contributed by atoms with van der Waals surface area (Å²) in [6.07, 6.45) is 0. The lowest BCUT2D eigenvalue weighted by molar-refractivity contribution is 0.637. The number of hydrogen-bond donors (Lipinski definition) is 2. The van der Waals surface area contributed by atoms with Gasteiger partial charge in [0.1, 0.15) is 5.75 Å². The van der Waals surface area contributed by atoms with Crippen LogP contribution in [0.25, 0.3) is 0 Å². The van der Waals surface area contributed by atoms with Gasteiger partial charge in [-0.1, -0.05) is 18.2 Å². The summed E-state index contributed by atoms with van der Waals surface area (Å²) in [6, 6.07) is 7.96. The van der Waals surface area contributed by atoms with Crippen molar-refractivity contribution >= 4 is 12.2 Å². The quantitative estimate of drug-likeness (QED) is 0.451. The first-order valence-corrected chi connectivity index (χ1v) is 4.10. The van der Waals surface area contributed by atoms with Gasteiger partial charge in [-0.3, -0.25) is 0 Å². The molecule has 1 aliphatic rings. The van der Waals surface area contributed by atoms with Gasteiger partial charge in [0.2, 0.25) is 0 Å². The summed E-state index contributed by atoms with van der Waals surface area (Å²) in [4.78, 5) is 2.84. The average Bonchev–Trinajstić information content (AvgIpc) is 2.28. The summed E-state index contributed by atoms with van der Waals surface area (Å²) >= 11 is 1.20. The summed E-state index contributed by atoms with van der Waals surface area (Å²) < 4.78 is 5.29. The minimum absolute atomic E-state index is 0.795. The van der Waals surface area contributed by atoms with E-state index in [-0.39, 0.29) is 0 Å². The first kappa shape index (κ1) is 6.97. The van der Waals surface area contributed by atoms with Crippen LogP contribution < -0.4 is 14.4 Å². The molecule has 0 aliphatic carbocycles. The van der Waals surface area contributed by atoms with E-state index in [1.807, 2.05) is 24.3 Å². The molecular formula is C7H8N2OS. The topological polar surface area (TPSA) is 33.3 Å². The molecule has 0 spiro atoms. The van der Waals surface area contributed by atoms with E-state index in [1.165, 1.54) is 17.8 Å². The van der Waals surface area contributed by atoms with E-state index in [0.29, 0.717) is 0 Å². The van der Waals surface area contributed by atoms with Gasteiger partial charge in [0.15, 0.2) is 12.2 Å². The number of benzene rings is 1. The summed E-state index contributed by atoms with van der Waals surface area (Å²) in [5.41, 5.74) is 4.16. The van der Waals surface area contributed by atoms with Crippen LogP contribution in [0.1, 0.15) is 5.56 Å². The smallest absolute Gasteiger partial charge is 0.159 e. The van der Waals surface area contributed by atoms with E-state index in [9.17, 15) is 0 Å². The average molecular weight is 168 g/mol. The van der Waals surface area contributed by atoms with Crippen LogP contribution in [-0.4, -0.2) is 0 Å². The number of hydrogen-bond acceptors (Lipinski definition) is 4. The van der Waals surface area contributed by atoms with E-state index in [4.69, 9.17) is 4.18 Å². The second-order valence-corrected chi connectivity index (χ2v) is 2.77. The maximum Gasteiger partial charge on any atom is 0.159 e. The van der Waals surface area contributed by atoms with Gasteiger partial charge in [0, 0.05) is 12.1 Å². The lowest BCUT2D eigenvalue weighted by atomic mass is 10.2. The molecule has 0 amide bonds. The monoisotopic (exact) mass is 168 g/mol. The largest absolute Gasteiger partial charge is 0.408 e. The third-order valence-corrected chi connectivity index (χ3v) is 1.99. The Morgan fingerprint density at radius 1 is 1.36 bits per heavy atom. The van der Waals surface area contributed by atoms with Crippen LogP contribution in [-0.2, 0) is 6.54 Å². The van der Waals surface area contributed by atoms with E-state index in [0.717, 1.165) is 12.3 Å². The van der Waals surface area contributed by atoms with Crippen LogP contribution in [0.15, 0.2) is 24.3 Å². The van der Waals surface area contributed by atoms with Crippen molar-refractivity contribution in [2.75, 3.05) is 0 Å². The second-order valence-electron chi connectivity index (χ2n) is 2.23. The fraction of sp³-hybridized carbons (Fsp3) is 0.143. The molecule has 0 saturated carbocycles. The zero-order chi connectivity index (χ0) is 7.52. The minimum atomic E-state index is 0.795. The SMILES string of the molecule is c1ccc2c(c1)CNNSO2. The maximum atomic E-state index is 5.29. The van der Waals surface area contributed by atoms with Crippen molar-refractivity contribution in [2.45, 2.75) is 6.54 Å². The van der Waals surface area contributed by atoms with Gasteiger partial charge < -0.3 is 4.18 Å². The van der Waals surface area contributed by atoms with E-state index in [1.54, 1.807) is 0 Å². The molecule has 4 heteroatoms. The van der Waals surface area contributed by atoms with Gasteiger partial charge >= 0.3 is 0 Å². The first-order chi connectivity index (χ1) is 5.47. The lowest BCUT2D eigenvalue weighted by Crippen LogP contribution is -2.22. The third kappa shape index (κ3) is 1.48. The Labute approximate surface area is 69.4 Å². The summed E-state index contributed by atoms with van der Waals surface area (Å²) in [6.45, 7) is 0.795. The van der Waals surface area contributed by atoms with E-state index >= 15 is 0 Å². The van der Waals surface area contributed by atoms with Crippen LogP contribution in [0.3, 0.4) is 0 Å². The summed E-state index contributed by atoms with van der Waals surface area (Å²) in [5.74, 6) is 0.926. The molecule has 0 aromatic heterocycles. The number of nitrogens with one attached hydrogen (secondary N) is 2. The van der Waals surface area contributed by atoms with Crippen molar-refractivity contribution < 1.29 is 4.18 Å². The zero-order valence-corrected chi connectivity index (χ0v) is 6.65. The van der Waals surface area contributed by atoms with Gasteiger partial charge in [-0.2, -0.15) is 4.83 Å². The molecule has 2 N–H and O–H groups in total. The molecule has 3 nitrogen and oxygen atoms in total. The fourth-order valence-corrected chi connectivity index (χ4v) is 1.38. The highest BCUT2D eigenvalue weighted by Crippen LogP contribution is 2.22. The molecule has 0 radical (unpaired) electrons. The van der Waals surface area contributed by atoms with Gasteiger partial charge in [-0.05, 0) is 6.07 Å². The number of para-hydroxylation sites is 1. The Morgan fingerprint density at radius 3 is 3.27 bits per heavy atom. The molecule has 11 heavy (non-hydrogen) atoms. The molecule has 0 fully saturated rings. The van der Waals surface area contributed by atoms with Gasteiger partial charge in [0.25, 0.3) is 0 Å². The molecular weight excluding hydrogens is 160 g/mol. The Bertz CT molecular complexity index is 229. The predicted octanol–water partition coefficient (Wildman–Crippen LogP) is 1.24. The molecule has 0 atom stereocenters. The Balaban J connectivity index is 2.33. The molecule has 0 saturated heterocycles. The first-order valence-electron chi connectivity index (χ1n) is 3.36. The zero-order valence-electron chi connectivity index (χ0n) is 5.83. The van der Waals surface area contributed by atoms with Gasteiger partial charge in [0.05, 0.1) is 0 Å². The highest BCUT2D eigenvalue weighted by Gasteiger charge is 2.06. The Kier molecular flexibility index (Phi) is 1.98. The minimum Gasteiger partial charge on any atom is -0.408 e. The van der Waals surface area contributed by atoms with E-state index < -0.39 is 0 Å². The highest BCUT2D eigenvalue weighted by molar-refractivity contribution is 7.93. The van der Waals surface area contributed by atoms with Crippen molar-refractivity contribution in [2.24, 2.45) is 0 Å². The van der Waals surface area contributed by atoms with Gasteiger partial charge in [-0.25, -0.2) is 5.43 Å². The Morgan fingerprint density at radius 2 is 2.27 bits per heavy atom. The van der Waals surface area contributed by atoms with Crippen molar-refractivity contribution in [3.8, 4) is 5.75 Å². The van der Waals surface area contributed by atoms with Crippen molar-refractivity contribution in [3.05, 3.63) is 29.8 Å². The number of hydrazine groups is 1. The van der Waals surface area contributed by atoms with Crippen LogP contribution in [0.2, 0.25) is 0 Å². The van der Waals surface area contributed by atoms with Gasteiger partial charge in [-0.15, -0.1) is 0 Å². The lowest BCUT2D eigenvalue weighted by Gasteiger charge is -2.00. The number of rotatable bonds is 0. The molecule has 2 rings (SSSR count). The fourth-order valence-electron chi connectivity index (χ4n) is 0.958. The second kappa shape index (κ2) is 3.13. The molecule has 1 heterocycles.